The summed E-state index contributed by atoms with van der Waals surface area (Å²) in [5.74, 6) is -1.12. The smallest absolute Gasteiger partial charge is 0.405 e. The second-order valence-corrected chi connectivity index (χ2v) is 7.15. The molecule has 1 saturated heterocycles. The maximum absolute atomic E-state index is 13.6. The van der Waals surface area contributed by atoms with Gasteiger partial charge in [0.15, 0.2) is 6.10 Å². The van der Waals surface area contributed by atoms with Gasteiger partial charge in [-0.1, -0.05) is 30.3 Å². The average molecular weight is 372 g/mol. The minimum atomic E-state index is -5.71. The average Bonchev–Trinajstić information content (AvgIpc) is 3.37. The Labute approximate surface area is 142 Å². The highest BCUT2D eigenvalue weighted by Gasteiger charge is 2.52. The van der Waals surface area contributed by atoms with Gasteiger partial charge < -0.3 is 9.47 Å². The fourth-order valence-electron chi connectivity index (χ4n) is 2.52. The summed E-state index contributed by atoms with van der Waals surface area (Å²) in [6.45, 7) is 1.26. The molecule has 6 nitrogen and oxygen atoms in total. The standard InChI is InChI=1S/C16H14F2O6S/c1-9(16(17,18)25(20,21)22)24-15(19)13-7-3-4-10-11(13)5-2-6-12(10)14-8-23-14/h2-7,9,14H,8H2,1H3,(H,20,21,22). The van der Waals surface area contributed by atoms with Crippen LogP contribution in [0.4, 0.5) is 8.78 Å². The van der Waals surface area contributed by atoms with Crippen LogP contribution in [-0.4, -0.2) is 36.9 Å². The van der Waals surface area contributed by atoms with Gasteiger partial charge in [-0.05, 0) is 29.3 Å². The number of esters is 1. The van der Waals surface area contributed by atoms with E-state index >= 15 is 0 Å². The predicted octanol–water partition coefficient (Wildman–Crippen LogP) is 2.94. The Morgan fingerprint density at radius 3 is 2.48 bits per heavy atom. The molecule has 1 fully saturated rings. The maximum atomic E-state index is 13.6. The van der Waals surface area contributed by atoms with Crippen LogP contribution in [0.25, 0.3) is 10.8 Å². The molecular formula is C16H14F2O6S. The van der Waals surface area contributed by atoms with Crippen molar-refractivity contribution in [3.63, 3.8) is 0 Å². The molecule has 0 aliphatic carbocycles. The van der Waals surface area contributed by atoms with E-state index in [0.29, 0.717) is 24.3 Å². The zero-order valence-electron chi connectivity index (χ0n) is 13.0. The van der Waals surface area contributed by atoms with Gasteiger partial charge in [-0.15, -0.1) is 0 Å². The highest BCUT2D eigenvalue weighted by Crippen LogP contribution is 2.36. The number of carbonyl (C=O) groups excluding carboxylic acids is 1. The number of carbonyl (C=O) groups is 1. The van der Waals surface area contributed by atoms with Gasteiger partial charge >= 0.3 is 21.3 Å². The SMILES string of the molecule is CC(OC(=O)c1cccc2c(C3CO3)cccc12)C(F)(F)S(=O)(=O)O. The zero-order chi connectivity index (χ0) is 18.4. The van der Waals surface area contributed by atoms with E-state index in [2.05, 4.69) is 4.74 Å². The Kier molecular flexibility index (Phi) is 4.26. The molecule has 1 heterocycles. The molecule has 3 rings (SSSR count). The molecule has 25 heavy (non-hydrogen) atoms. The predicted molar refractivity (Wildman–Crippen MR) is 84.0 cm³/mol. The number of fused-ring (bicyclic) bond motifs is 1. The van der Waals surface area contributed by atoms with Crippen LogP contribution < -0.4 is 0 Å². The zero-order valence-corrected chi connectivity index (χ0v) is 13.8. The summed E-state index contributed by atoms with van der Waals surface area (Å²) < 4.78 is 67.0. The number of alkyl halides is 2. The number of ether oxygens (including phenoxy) is 2. The Hall–Kier alpha value is -2.10. The van der Waals surface area contributed by atoms with Gasteiger partial charge in [-0.25, -0.2) is 4.79 Å². The first-order valence-electron chi connectivity index (χ1n) is 7.32. The van der Waals surface area contributed by atoms with Gasteiger partial charge in [-0.3, -0.25) is 4.55 Å². The van der Waals surface area contributed by atoms with Crippen molar-refractivity contribution < 1.29 is 36.0 Å². The Morgan fingerprint density at radius 1 is 1.28 bits per heavy atom. The van der Waals surface area contributed by atoms with Crippen molar-refractivity contribution in [3.8, 4) is 0 Å². The van der Waals surface area contributed by atoms with E-state index in [-0.39, 0.29) is 11.7 Å². The third-order valence-electron chi connectivity index (χ3n) is 3.96. The van der Waals surface area contributed by atoms with Crippen molar-refractivity contribution in [3.05, 3.63) is 47.5 Å². The number of halogens is 2. The minimum absolute atomic E-state index is 0.0120. The molecule has 0 aromatic heterocycles. The second kappa shape index (κ2) is 6.01. The van der Waals surface area contributed by atoms with E-state index in [0.717, 1.165) is 5.56 Å². The number of epoxide rings is 1. The third kappa shape index (κ3) is 3.22. The largest absolute Gasteiger partial charge is 0.451 e. The second-order valence-electron chi connectivity index (χ2n) is 5.65. The lowest BCUT2D eigenvalue weighted by Crippen LogP contribution is -2.42. The molecule has 0 saturated carbocycles. The topological polar surface area (TPSA) is 93.2 Å². The van der Waals surface area contributed by atoms with Gasteiger partial charge in [0.25, 0.3) is 0 Å². The molecule has 9 heteroatoms. The highest BCUT2D eigenvalue weighted by molar-refractivity contribution is 7.86. The van der Waals surface area contributed by atoms with E-state index in [1.54, 1.807) is 24.3 Å². The molecule has 0 bridgehead atoms. The Balaban J connectivity index is 1.94. The molecule has 2 atom stereocenters. The monoisotopic (exact) mass is 372 g/mol. The third-order valence-corrected chi connectivity index (χ3v) is 4.98. The fraction of sp³-hybridized carbons (Fsp3) is 0.312. The van der Waals surface area contributed by atoms with Crippen LogP contribution >= 0.6 is 0 Å². The molecule has 0 radical (unpaired) electrons. The van der Waals surface area contributed by atoms with Crippen molar-refractivity contribution in [2.75, 3.05) is 6.61 Å². The molecular weight excluding hydrogens is 358 g/mol. The van der Waals surface area contributed by atoms with E-state index < -0.39 is 27.4 Å². The first-order valence-corrected chi connectivity index (χ1v) is 8.76. The van der Waals surface area contributed by atoms with Crippen LogP contribution in [0, 0.1) is 0 Å². The lowest BCUT2D eigenvalue weighted by molar-refractivity contribution is -0.0548. The first-order chi connectivity index (χ1) is 11.6. The quantitative estimate of drug-likeness (QED) is 0.493. The fourth-order valence-corrected chi connectivity index (χ4v) is 2.99. The van der Waals surface area contributed by atoms with E-state index in [4.69, 9.17) is 9.29 Å². The van der Waals surface area contributed by atoms with E-state index in [1.165, 1.54) is 6.07 Å². The maximum Gasteiger partial charge on any atom is 0.405 e. The summed E-state index contributed by atoms with van der Waals surface area (Å²) in [6, 6.07) is 9.89. The molecule has 2 aromatic carbocycles. The van der Waals surface area contributed by atoms with Gasteiger partial charge in [0.05, 0.1) is 12.2 Å². The van der Waals surface area contributed by atoms with Crippen molar-refractivity contribution in [1.82, 2.24) is 0 Å². The molecule has 1 N–H and O–H groups in total. The van der Waals surface area contributed by atoms with Crippen LogP contribution in [0.1, 0.15) is 28.9 Å². The summed E-state index contributed by atoms with van der Waals surface area (Å²) in [5.41, 5.74) is 0.876. The van der Waals surface area contributed by atoms with Crippen molar-refractivity contribution in [2.24, 2.45) is 0 Å². The van der Waals surface area contributed by atoms with Gasteiger partial charge in [0, 0.05) is 0 Å². The van der Waals surface area contributed by atoms with Crippen LogP contribution in [0.5, 0.6) is 0 Å². The molecule has 2 aromatic rings. The van der Waals surface area contributed by atoms with E-state index in [1.807, 2.05) is 6.07 Å². The van der Waals surface area contributed by atoms with Crippen LogP contribution in [0.15, 0.2) is 36.4 Å². The summed E-state index contributed by atoms with van der Waals surface area (Å²) >= 11 is 0. The van der Waals surface area contributed by atoms with Gasteiger partial charge in [0.2, 0.25) is 0 Å². The van der Waals surface area contributed by atoms with Crippen molar-refractivity contribution >= 4 is 26.9 Å². The van der Waals surface area contributed by atoms with Crippen molar-refractivity contribution in [1.29, 1.82) is 0 Å². The summed E-state index contributed by atoms with van der Waals surface area (Å²) in [7, 11) is -5.71. The Bertz CT molecular complexity index is 937. The number of hydrogen-bond acceptors (Lipinski definition) is 5. The number of hydrogen-bond donors (Lipinski definition) is 1. The van der Waals surface area contributed by atoms with Crippen LogP contribution in [-0.2, 0) is 19.6 Å². The molecule has 2 unspecified atom stereocenters. The lowest BCUT2D eigenvalue weighted by atomic mass is 9.98. The Morgan fingerprint density at radius 2 is 1.88 bits per heavy atom. The number of rotatable bonds is 5. The summed E-state index contributed by atoms with van der Waals surface area (Å²) in [6.07, 6.45) is -2.43. The van der Waals surface area contributed by atoms with Crippen LogP contribution in [0.3, 0.4) is 0 Å². The first kappa shape index (κ1) is 17.7. The molecule has 0 amide bonds. The molecule has 1 aliphatic heterocycles. The van der Waals surface area contributed by atoms with Crippen LogP contribution in [0.2, 0.25) is 0 Å². The summed E-state index contributed by atoms with van der Waals surface area (Å²) in [5, 5.41) is -3.42. The number of benzene rings is 2. The van der Waals surface area contributed by atoms with E-state index in [9.17, 15) is 22.0 Å². The summed E-state index contributed by atoms with van der Waals surface area (Å²) in [4.78, 5) is 12.3. The minimum Gasteiger partial charge on any atom is -0.451 e. The molecule has 134 valence electrons. The van der Waals surface area contributed by atoms with Gasteiger partial charge in [-0.2, -0.15) is 17.2 Å². The highest BCUT2D eigenvalue weighted by atomic mass is 32.2. The molecule has 1 aliphatic rings. The van der Waals surface area contributed by atoms with Crippen molar-refractivity contribution in [2.45, 2.75) is 24.4 Å². The normalized spacial score (nSPS) is 18.8. The molecule has 0 spiro atoms. The lowest BCUT2D eigenvalue weighted by Gasteiger charge is -2.21. The van der Waals surface area contributed by atoms with Gasteiger partial charge in [0.1, 0.15) is 6.10 Å².